The third-order valence-corrected chi connectivity index (χ3v) is 6.12. The van der Waals surface area contributed by atoms with Gasteiger partial charge in [0, 0.05) is 5.02 Å². The molecule has 3 aromatic rings. The molecule has 0 aliphatic rings. The van der Waals surface area contributed by atoms with Gasteiger partial charge in [-0.05, 0) is 36.4 Å². The van der Waals surface area contributed by atoms with E-state index in [1.165, 1.54) is 47.3 Å². The first-order valence-corrected chi connectivity index (χ1v) is 9.76. The largest absolute Gasteiger partial charge is 0.468 e. The van der Waals surface area contributed by atoms with Gasteiger partial charge in [0.25, 0.3) is 10.0 Å². The lowest BCUT2D eigenvalue weighted by molar-refractivity contribution is -0.141. The van der Waals surface area contributed by atoms with E-state index in [4.69, 9.17) is 16.3 Å². The van der Waals surface area contributed by atoms with Crippen molar-refractivity contribution in [2.24, 2.45) is 4.40 Å². The van der Waals surface area contributed by atoms with E-state index in [9.17, 15) is 13.2 Å². The lowest BCUT2D eigenvalue weighted by Gasteiger charge is -2.04. The molecule has 0 unspecified atom stereocenters. The van der Waals surface area contributed by atoms with E-state index in [2.05, 4.69) is 4.40 Å². The number of rotatable bonds is 4. The van der Waals surface area contributed by atoms with E-state index in [-0.39, 0.29) is 16.2 Å². The molecule has 0 saturated carbocycles. The molecule has 1 heterocycles. The summed E-state index contributed by atoms with van der Waals surface area (Å²) in [6, 6.07) is 13.0. The summed E-state index contributed by atoms with van der Waals surface area (Å²) in [7, 11) is -2.66. The fourth-order valence-corrected chi connectivity index (χ4v) is 4.56. The average molecular weight is 397 g/mol. The average Bonchev–Trinajstić information content (AvgIpc) is 2.92. The molecule has 9 heteroatoms. The molecule has 0 aliphatic heterocycles. The van der Waals surface area contributed by atoms with Gasteiger partial charge in [-0.1, -0.05) is 35.1 Å². The molecular weight excluding hydrogens is 384 g/mol. The molecule has 3 rings (SSSR count). The molecule has 0 saturated heterocycles. The quantitative estimate of drug-likeness (QED) is 0.635. The molecule has 130 valence electrons. The molecule has 6 nitrogen and oxygen atoms in total. The van der Waals surface area contributed by atoms with Crippen LogP contribution in [0.25, 0.3) is 10.2 Å². The van der Waals surface area contributed by atoms with Crippen LogP contribution < -0.4 is 4.80 Å². The van der Waals surface area contributed by atoms with Gasteiger partial charge < -0.3 is 9.30 Å². The van der Waals surface area contributed by atoms with Crippen molar-refractivity contribution in [1.82, 2.24) is 4.57 Å². The van der Waals surface area contributed by atoms with Crippen LogP contribution in [-0.4, -0.2) is 26.1 Å². The second-order valence-corrected chi connectivity index (χ2v) is 8.08. The zero-order chi connectivity index (χ0) is 18.0. The van der Waals surface area contributed by atoms with Crippen LogP contribution in [0, 0.1) is 0 Å². The fraction of sp³-hybridized carbons (Fsp3) is 0.125. The van der Waals surface area contributed by atoms with Crippen LogP contribution in [0.4, 0.5) is 0 Å². The Hall–Kier alpha value is -2.16. The number of esters is 1. The van der Waals surface area contributed by atoms with Gasteiger partial charge in [-0.25, -0.2) is 0 Å². The van der Waals surface area contributed by atoms with Gasteiger partial charge >= 0.3 is 5.97 Å². The van der Waals surface area contributed by atoms with Crippen molar-refractivity contribution in [3.63, 3.8) is 0 Å². The number of halogens is 1. The molecule has 0 bridgehead atoms. The third kappa shape index (κ3) is 3.76. The van der Waals surface area contributed by atoms with Crippen molar-refractivity contribution >= 4 is 49.1 Å². The van der Waals surface area contributed by atoms with E-state index >= 15 is 0 Å². The molecule has 2 aromatic carbocycles. The van der Waals surface area contributed by atoms with Crippen molar-refractivity contribution in [1.29, 1.82) is 0 Å². The van der Waals surface area contributed by atoms with Crippen LogP contribution in [-0.2, 0) is 26.1 Å². The SMILES string of the molecule is COC(=O)Cn1/c(=N/S(=O)(=O)c2ccc(Cl)cc2)sc2ccccc21. The summed E-state index contributed by atoms with van der Waals surface area (Å²) < 4.78 is 36.1. The molecule has 25 heavy (non-hydrogen) atoms. The summed E-state index contributed by atoms with van der Waals surface area (Å²) in [5, 5.41) is 0.432. The van der Waals surface area contributed by atoms with Crippen LogP contribution >= 0.6 is 22.9 Å². The first-order chi connectivity index (χ1) is 11.9. The van der Waals surface area contributed by atoms with Gasteiger partial charge in [0.05, 0.1) is 22.2 Å². The highest BCUT2D eigenvalue weighted by atomic mass is 35.5. The number of hydrogen-bond donors (Lipinski definition) is 0. The van der Waals surface area contributed by atoms with Crippen molar-refractivity contribution in [3.8, 4) is 0 Å². The number of methoxy groups -OCH3 is 1. The van der Waals surface area contributed by atoms with Crippen molar-refractivity contribution in [3.05, 3.63) is 58.4 Å². The number of aromatic nitrogens is 1. The Kier molecular flexibility index (Phi) is 4.94. The summed E-state index contributed by atoms with van der Waals surface area (Å²) in [5.41, 5.74) is 0.711. The standard InChI is InChI=1S/C16H13ClN2O4S2/c1-23-15(20)10-19-13-4-2-3-5-14(13)24-16(19)18-25(21,22)12-8-6-11(17)7-9-12/h2-9H,10H2,1H3/b18-16-. The number of ether oxygens (including phenoxy) is 1. The number of para-hydroxylation sites is 1. The second-order valence-electron chi connectivity index (χ2n) is 5.03. The van der Waals surface area contributed by atoms with Crippen LogP contribution in [0.2, 0.25) is 5.02 Å². The Morgan fingerprint density at radius 2 is 1.88 bits per heavy atom. The monoisotopic (exact) mass is 396 g/mol. The molecule has 0 atom stereocenters. The van der Waals surface area contributed by atoms with Gasteiger partial charge in [0.1, 0.15) is 6.54 Å². The summed E-state index contributed by atoms with van der Waals surface area (Å²) >= 11 is 6.98. The number of hydrogen-bond acceptors (Lipinski definition) is 5. The van der Waals surface area contributed by atoms with E-state index in [1.807, 2.05) is 12.1 Å². The molecule has 0 N–H and O–H groups in total. The Balaban J connectivity index is 2.19. The number of carbonyl (C=O) groups is 1. The van der Waals surface area contributed by atoms with E-state index in [1.54, 1.807) is 12.1 Å². The van der Waals surface area contributed by atoms with Gasteiger partial charge in [-0.2, -0.15) is 8.42 Å². The van der Waals surface area contributed by atoms with Gasteiger partial charge in [-0.15, -0.1) is 4.40 Å². The van der Waals surface area contributed by atoms with Crippen LogP contribution in [0.15, 0.2) is 57.8 Å². The highest BCUT2D eigenvalue weighted by Gasteiger charge is 2.16. The maximum Gasteiger partial charge on any atom is 0.325 e. The number of sulfonamides is 1. The Bertz CT molecular complexity index is 1100. The lowest BCUT2D eigenvalue weighted by Crippen LogP contribution is -2.22. The Labute approximate surface area is 153 Å². The zero-order valence-corrected chi connectivity index (χ0v) is 15.4. The smallest absolute Gasteiger partial charge is 0.325 e. The molecule has 0 aliphatic carbocycles. The molecule has 0 spiro atoms. The van der Waals surface area contributed by atoms with Crippen molar-refractivity contribution < 1.29 is 17.9 Å². The highest BCUT2D eigenvalue weighted by molar-refractivity contribution is 7.90. The predicted molar refractivity (Wildman–Crippen MR) is 96.0 cm³/mol. The van der Waals surface area contributed by atoms with Crippen LogP contribution in [0.1, 0.15) is 0 Å². The molecule has 1 aromatic heterocycles. The molecule has 0 radical (unpaired) electrons. The van der Waals surface area contributed by atoms with E-state index in [0.29, 0.717) is 10.5 Å². The number of nitrogens with zero attached hydrogens (tertiary/aromatic N) is 2. The summed E-state index contributed by atoms with van der Waals surface area (Å²) in [6.45, 7) is -0.129. The van der Waals surface area contributed by atoms with Crippen molar-refractivity contribution in [2.75, 3.05) is 7.11 Å². The van der Waals surface area contributed by atoms with Crippen LogP contribution in [0.5, 0.6) is 0 Å². The number of carbonyl (C=O) groups excluding carboxylic acids is 1. The van der Waals surface area contributed by atoms with Crippen molar-refractivity contribution in [2.45, 2.75) is 11.4 Å². The maximum absolute atomic E-state index is 12.6. The molecule has 0 amide bonds. The van der Waals surface area contributed by atoms with Gasteiger partial charge in [0.2, 0.25) is 4.80 Å². The second kappa shape index (κ2) is 6.99. The van der Waals surface area contributed by atoms with Gasteiger partial charge in [-0.3, -0.25) is 4.79 Å². The summed E-state index contributed by atoms with van der Waals surface area (Å²) in [5.74, 6) is -0.492. The molecule has 0 fully saturated rings. The normalized spacial score (nSPS) is 12.5. The maximum atomic E-state index is 12.6. The van der Waals surface area contributed by atoms with E-state index in [0.717, 1.165) is 4.70 Å². The number of benzene rings is 2. The lowest BCUT2D eigenvalue weighted by atomic mass is 10.3. The minimum atomic E-state index is -3.94. The minimum absolute atomic E-state index is 0.0268. The Morgan fingerprint density at radius 3 is 2.56 bits per heavy atom. The summed E-state index contributed by atoms with van der Waals surface area (Å²) in [6.07, 6.45) is 0. The topological polar surface area (TPSA) is 77.7 Å². The minimum Gasteiger partial charge on any atom is -0.468 e. The number of thiazole rings is 1. The number of fused-ring (bicyclic) bond motifs is 1. The first kappa shape index (κ1) is 17.7. The highest BCUT2D eigenvalue weighted by Crippen LogP contribution is 2.19. The van der Waals surface area contributed by atoms with Gasteiger partial charge in [0.15, 0.2) is 0 Å². The Morgan fingerprint density at radius 1 is 1.20 bits per heavy atom. The summed E-state index contributed by atoms with van der Waals surface area (Å²) in [4.78, 5) is 11.9. The van der Waals surface area contributed by atoms with Crippen LogP contribution in [0.3, 0.4) is 0 Å². The zero-order valence-electron chi connectivity index (χ0n) is 13.0. The van der Waals surface area contributed by atoms with E-state index < -0.39 is 16.0 Å². The molecular formula is C16H13ClN2O4S2. The first-order valence-electron chi connectivity index (χ1n) is 7.12. The predicted octanol–water partition coefficient (Wildman–Crippen LogP) is 2.82. The fourth-order valence-electron chi connectivity index (χ4n) is 2.20. The third-order valence-electron chi connectivity index (χ3n) is 3.41.